The number of benzene rings is 1. The topological polar surface area (TPSA) is 91.6 Å². The van der Waals surface area contributed by atoms with Crippen molar-refractivity contribution >= 4 is 22.4 Å². The highest BCUT2D eigenvalue weighted by molar-refractivity contribution is 6.22. The minimum Gasteiger partial charge on any atom is -0.379 e. The summed E-state index contributed by atoms with van der Waals surface area (Å²) in [6.07, 6.45) is 3.57. The Kier molecular flexibility index (Phi) is 4.55. The molecule has 4 rings (SSSR count). The summed E-state index contributed by atoms with van der Waals surface area (Å²) in [5.74, 6) is -0.164. The van der Waals surface area contributed by atoms with Gasteiger partial charge in [-0.25, -0.2) is 9.37 Å². The zero-order valence-corrected chi connectivity index (χ0v) is 16.5. The van der Waals surface area contributed by atoms with E-state index in [2.05, 4.69) is 21.4 Å². The van der Waals surface area contributed by atoms with E-state index in [-0.39, 0.29) is 17.6 Å². The van der Waals surface area contributed by atoms with E-state index in [1.165, 1.54) is 6.07 Å². The molecule has 1 aliphatic rings. The summed E-state index contributed by atoms with van der Waals surface area (Å²) in [6, 6.07) is 8.88. The molecule has 2 aromatic heterocycles. The summed E-state index contributed by atoms with van der Waals surface area (Å²) in [5, 5.41) is 22.2. The van der Waals surface area contributed by atoms with Crippen LogP contribution < -0.4 is 5.32 Å². The number of pyridine rings is 1. The smallest absolute Gasteiger partial charge is 0.137 e. The van der Waals surface area contributed by atoms with E-state index in [4.69, 9.17) is 5.41 Å². The highest BCUT2D eigenvalue weighted by atomic mass is 19.1. The number of likely N-dealkylation sites (N-methyl/N-ethyl adjacent to an activating group) is 1. The van der Waals surface area contributed by atoms with Crippen LogP contribution in [-0.2, 0) is 6.54 Å². The van der Waals surface area contributed by atoms with Crippen LogP contribution in [-0.4, -0.2) is 34.8 Å². The van der Waals surface area contributed by atoms with Crippen molar-refractivity contribution in [3.63, 3.8) is 0 Å². The monoisotopic (exact) mass is 388 g/mol. The number of rotatable bonds is 1. The van der Waals surface area contributed by atoms with Crippen molar-refractivity contribution in [2.45, 2.75) is 19.4 Å². The number of aromatic amines is 1. The SMILES string of the molecule is CN/C(C#N)=C1\C(=N)N(C)Cc2ccc(F)cc2C(C)c2c[nH]c3ncc1cc23. The molecule has 0 saturated heterocycles. The minimum absolute atomic E-state index is 0.0700. The standard InChI is InChI=1S/C22H21FN6/c1-12-16-7-15(23)5-4-13(16)11-29(3)21(25)20(19(8-24)26-2)14-6-17-18(12)10-28-22(17)27-9-14/h4-7,9-10,12,25-26H,11H2,1-3H3,(H,27,28)/b20-19-,25-21?. The molecule has 0 fully saturated rings. The van der Waals surface area contributed by atoms with Gasteiger partial charge in [0.2, 0.25) is 0 Å². The summed E-state index contributed by atoms with van der Waals surface area (Å²) < 4.78 is 14.1. The Bertz CT molecular complexity index is 1200. The normalized spacial score (nSPS) is 18.2. The number of fused-ring (bicyclic) bond motifs is 2. The molecule has 1 aliphatic heterocycles. The van der Waals surface area contributed by atoms with Crippen LogP contribution in [0.25, 0.3) is 16.6 Å². The van der Waals surface area contributed by atoms with E-state index in [1.807, 2.05) is 19.2 Å². The van der Waals surface area contributed by atoms with Gasteiger partial charge in [0.25, 0.3) is 0 Å². The minimum atomic E-state index is -0.288. The van der Waals surface area contributed by atoms with Gasteiger partial charge >= 0.3 is 0 Å². The molecule has 1 atom stereocenters. The highest BCUT2D eigenvalue weighted by Gasteiger charge is 2.24. The van der Waals surface area contributed by atoms with Gasteiger partial charge in [0, 0.05) is 49.9 Å². The molecule has 0 radical (unpaired) electrons. The Balaban J connectivity index is 2.07. The molecular formula is C22H21FN6. The Morgan fingerprint density at radius 2 is 2.17 bits per heavy atom. The van der Waals surface area contributed by atoms with Gasteiger partial charge in [-0.3, -0.25) is 5.41 Å². The Morgan fingerprint density at radius 3 is 2.90 bits per heavy atom. The van der Waals surface area contributed by atoms with Crippen molar-refractivity contribution in [1.29, 1.82) is 10.7 Å². The second kappa shape index (κ2) is 7.06. The first-order valence-electron chi connectivity index (χ1n) is 9.32. The van der Waals surface area contributed by atoms with Crippen molar-refractivity contribution in [2.24, 2.45) is 0 Å². The first-order chi connectivity index (χ1) is 13.9. The van der Waals surface area contributed by atoms with Gasteiger partial charge in [-0.15, -0.1) is 0 Å². The summed E-state index contributed by atoms with van der Waals surface area (Å²) >= 11 is 0. The van der Waals surface area contributed by atoms with Crippen LogP contribution in [0, 0.1) is 22.6 Å². The van der Waals surface area contributed by atoms with Crippen molar-refractivity contribution in [1.82, 2.24) is 20.2 Å². The summed E-state index contributed by atoms with van der Waals surface area (Å²) in [6.45, 7) is 2.46. The van der Waals surface area contributed by atoms with Crippen LogP contribution in [0.4, 0.5) is 4.39 Å². The fourth-order valence-corrected chi connectivity index (χ4v) is 3.96. The number of hydrogen-bond acceptors (Lipinski definition) is 4. The molecule has 0 amide bonds. The lowest BCUT2D eigenvalue weighted by molar-refractivity contribution is 0.497. The average molecular weight is 388 g/mol. The van der Waals surface area contributed by atoms with E-state index >= 15 is 0 Å². The van der Waals surface area contributed by atoms with Crippen LogP contribution in [0.5, 0.6) is 0 Å². The van der Waals surface area contributed by atoms with E-state index in [0.29, 0.717) is 23.4 Å². The number of allylic oxidation sites excluding steroid dienone is 1. The lowest BCUT2D eigenvalue weighted by Crippen LogP contribution is -2.29. The molecule has 6 nitrogen and oxygen atoms in total. The molecule has 0 saturated carbocycles. The second-order valence-corrected chi connectivity index (χ2v) is 7.25. The number of nitrogens with zero attached hydrogens (tertiary/aromatic N) is 3. The van der Waals surface area contributed by atoms with Gasteiger partial charge in [0.1, 0.15) is 29.1 Å². The first kappa shape index (κ1) is 18.7. The lowest BCUT2D eigenvalue weighted by atomic mass is 9.89. The zero-order chi connectivity index (χ0) is 20.7. The number of hydrogen-bond donors (Lipinski definition) is 3. The molecule has 0 spiro atoms. The molecule has 3 aromatic rings. The molecule has 146 valence electrons. The molecule has 29 heavy (non-hydrogen) atoms. The number of H-pyrrole nitrogens is 1. The van der Waals surface area contributed by atoms with Gasteiger partial charge in [-0.1, -0.05) is 13.0 Å². The molecule has 2 bridgehead atoms. The first-order valence-corrected chi connectivity index (χ1v) is 9.32. The van der Waals surface area contributed by atoms with Gasteiger partial charge in [0.15, 0.2) is 0 Å². The second-order valence-electron chi connectivity index (χ2n) is 7.25. The third-order valence-corrected chi connectivity index (χ3v) is 5.53. The van der Waals surface area contributed by atoms with Gasteiger partial charge in [-0.2, -0.15) is 5.26 Å². The summed E-state index contributed by atoms with van der Waals surface area (Å²) in [7, 11) is 3.47. The molecule has 3 N–H and O–H groups in total. The van der Waals surface area contributed by atoms with Crippen molar-refractivity contribution in [3.8, 4) is 6.07 Å². The van der Waals surface area contributed by atoms with E-state index < -0.39 is 0 Å². The fourth-order valence-electron chi connectivity index (χ4n) is 3.96. The maximum absolute atomic E-state index is 14.1. The zero-order valence-electron chi connectivity index (χ0n) is 16.5. The number of amidine groups is 1. The number of aromatic nitrogens is 2. The van der Waals surface area contributed by atoms with E-state index in [9.17, 15) is 9.65 Å². The van der Waals surface area contributed by atoms with Crippen molar-refractivity contribution in [3.05, 3.63) is 70.4 Å². The fraction of sp³-hybridized carbons (Fsp3) is 0.227. The Morgan fingerprint density at radius 1 is 1.38 bits per heavy atom. The van der Waals surface area contributed by atoms with Gasteiger partial charge in [0.05, 0.1) is 5.57 Å². The summed E-state index contributed by atoms with van der Waals surface area (Å²) in [5.41, 5.74) is 4.99. The van der Waals surface area contributed by atoms with E-state index in [0.717, 1.165) is 27.7 Å². The molecule has 3 heterocycles. The van der Waals surface area contributed by atoms with Crippen LogP contribution in [0.3, 0.4) is 0 Å². The van der Waals surface area contributed by atoms with Crippen molar-refractivity contribution < 1.29 is 4.39 Å². The average Bonchev–Trinajstić information content (AvgIpc) is 3.14. The maximum Gasteiger partial charge on any atom is 0.137 e. The summed E-state index contributed by atoms with van der Waals surface area (Å²) in [4.78, 5) is 9.46. The third-order valence-electron chi connectivity index (χ3n) is 5.53. The molecule has 0 aliphatic carbocycles. The van der Waals surface area contributed by atoms with E-state index in [1.54, 1.807) is 37.3 Å². The predicted octanol–water partition coefficient (Wildman–Crippen LogP) is 3.73. The third kappa shape index (κ3) is 3.03. The van der Waals surface area contributed by atoms with Crippen LogP contribution in [0.2, 0.25) is 0 Å². The van der Waals surface area contributed by atoms with Crippen LogP contribution in [0.1, 0.15) is 35.1 Å². The molecule has 7 heteroatoms. The quantitative estimate of drug-likeness (QED) is 0.554. The molecule has 1 unspecified atom stereocenters. The lowest BCUT2D eigenvalue weighted by Gasteiger charge is -2.25. The largest absolute Gasteiger partial charge is 0.379 e. The number of halogens is 1. The number of nitrogens with one attached hydrogen (secondary N) is 3. The van der Waals surface area contributed by atoms with Crippen LogP contribution >= 0.6 is 0 Å². The maximum atomic E-state index is 14.1. The van der Waals surface area contributed by atoms with Gasteiger partial charge in [-0.05, 0) is 34.9 Å². The number of nitriles is 1. The van der Waals surface area contributed by atoms with Crippen molar-refractivity contribution in [2.75, 3.05) is 14.1 Å². The van der Waals surface area contributed by atoms with Crippen LogP contribution in [0.15, 0.2) is 42.4 Å². The Hall–Kier alpha value is -3.66. The molecule has 1 aromatic carbocycles. The molecular weight excluding hydrogens is 367 g/mol. The Labute approximate surface area is 168 Å². The highest BCUT2D eigenvalue weighted by Crippen LogP contribution is 2.35. The predicted molar refractivity (Wildman–Crippen MR) is 111 cm³/mol. The van der Waals surface area contributed by atoms with Gasteiger partial charge < -0.3 is 15.2 Å².